The van der Waals surface area contributed by atoms with Crippen LogP contribution in [-0.4, -0.2) is 69.5 Å². The number of nitrogens with one attached hydrogen (secondary N) is 1. The number of halogens is 1. The molecule has 13 heteroatoms. The summed E-state index contributed by atoms with van der Waals surface area (Å²) < 4.78 is 18.7. The molecule has 7 rings (SSSR count). The Labute approximate surface area is 226 Å². The van der Waals surface area contributed by atoms with Crippen LogP contribution in [0.25, 0.3) is 11.2 Å². The largest absolute Gasteiger partial charge is 0.388 e. The first-order valence-electron chi connectivity index (χ1n) is 13.5. The van der Waals surface area contributed by atoms with Crippen LogP contribution in [0, 0.1) is 16.7 Å². The van der Waals surface area contributed by atoms with Crippen molar-refractivity contribution in [2.45, 2.75) is 102 Å². The molecule has 0 radical (unpaired) electrons. The van der Waals surface area contributed by atoms with Gasteiger partial charge in [0.15, 0.2) is 23.2 Å². The van der Waals surface area contributed by atoms with E-state index in [1.165, 1.54) is 25.6 Å². The zero-order valence-electron chi connectivity index (χ0n) is 21.8. The fourth-order valence-corrected chi connectivity index (χ4v) is 9.66. The molecule has 2 aromatic rings. The van der Waals surface area contributed by atoms with Gasteiger partial charge in [0.2, 0.25) is 5.28 Å². The molecule has 4 saturated carbocycles. The van der Waals surface area contributed by atoms with Crippen LogP contribution in [0.15, 0.2) is 6.33 Å². The SMILES string of the molecule is C[C@]12CC3CC(Nc4nc(Cl)nc5c4ncn5C4OC(CCCCP(=O)(O)O)C(O)C4O)(C1)C[C@@](C)(C3)C2. The smallest absolute Gasteiger partial charge is 0.325 e. The number of aliphatic hydroxyl groups excluding tert-OH is 2. The summed E-state index contributed by atoms with van der Waals surface area (Å²) >= 11 is 6.40. The number of ether oxygens (including phenoxy) is 1. The van der Waals surface area contributed by atoms with Crippen molar-refractivity contribution in [1.29, 1.82) is 0 Å². The highest BCUT2D eigenvalue weighted by molar-refractivity contribution is 7.51. The fourth-order valence-electron chi connectivity index (χ4n) is 8.86. The Morgan fingerprint density at radius 1 is 1.11 bits per heavy atom. The minimum absolute atomic E-state index is 0.0610. The third-order valence-electron chi connectivity index (χ3n) is 9.20. The van der Waals surface area contributed by atoms with Crippen LogP contribution >= 0.6 is 19.2 Å². The van der Waals surface area contributed by atoms with Crippen molar-refractivity contribution < 1.29 is 29.3 Å². The predicted octanol–water partition coefficient (Wildman–Crippen LogP) is 3.61. The van der Waals surface area contributed by atoms with Crippen molar-refractivity contribution in [3.63, 3.8) is 0 Å². The minimum atomic E-state index is -4.07. The van der Waals surface area contributed by atoms with Gasteiger partial charge in [-0.25, -0.2) is 4.98 Å². The number of unbranched alkanes of at least 4 members (excludes halogenated alkanes) is 1. The lowest BCUT2D eigenvalue weighted by atomic mass is 9.43. The summed E-state index contributed by atoms with van der Waals surface area (Å²) in [5, 5.41) is 25.3. The molecule has 11 nitrogen and oxygen atoms in total. The lowest BCUT2D eigenvalue weighted by Crippen LogP contribution is -2.61. The van der Waals surface area contributed by atoms with E-state index in [1.807, 2.05) is 0 Å². The average Bonchev–Trinajstić information content (AvgIpc) is 3.29. The summed E-state index contributed by atoms with van der Waals surface area (Å²) in [7, 11) is -4.07. The van der Waals surface area contributed by atoms with Crippen molar-refractivity contribution in [3.05, 3.63) is 11.6 Å². The number of nitrogens with zero attached hydrogens (tertiary/aromatic N) is 4. The summed E-state index contributed by atoms with van der Waals surface area (Å²) in [6.07, 6.45) is 5.47. The molecule has 5 fully saturated rings. The first-order valence-corrected chi connectivity index (χ1v) is 15.7. The number of rotatable bonds is 8. The van der Waals surface area contributed by atoms with Gasteiger partial charge in [-0.2, -0.15) is 9.97 Å². The van der Waals surface area contributed by atoms with E-state index in [2.05, 4.69) is 34.1 Å². The van der Waals surface area contributed by atoms with Gasteiger partial charge in [0.25, 0.3) is 0 Å². The second-order valence-corrected chi connectivity index (χ2v) is 15.2. The summed E-state index contributed by atoms with van der Waals surface area (Å²) in [5.74, 6) is 1.27. The molecule has 0 spiro atoms. The summed E-state index contributed by atoms with van der Waals surface area (Å²) in [6.45, 7) is 4.83. The molecule has 5 aliphatic rings. The van der Waals surface area contributed by atoms with Crippen molar-refractivity contribution in [2.75, 3.05) is 11.5 Å². The van der Waals surface area contributed by atoms with E-state index < -0.39 is 32.1 Å². The van der Waals surface area contributed by atoms with Gasteiger partial charge in [0.1, 0.15) is 12.2 Å². The van der Waals surface area contributed by atoms with Gasteiger partial charge in [-0.15, -0.1) is 0 Å². The molecule has 3 heterocycles. The molecule has 210 valence electrons. The number of aliphatic hydroxyl groups is 2. The molecule has 1 aliphatic heterocycles. The summed E-state index contributed by atoms with van der Waals surface area (Å²) in [6, 6.07) is 0. The molecule has 4 bridgehead atoms. The summed E-state index contributed by atoms with van der Waals surface area (Å²) in [5.41, 5.74) is 1.50. The highest BCUT2D eigenvalue weighted by Crippen LogP contribution is 2.67. The lowest BCUT2D eigenvalue weighted by Gasteiger charge is -2.65. The molecule has 6 unspecified atom stereocenters. The quantitative estimate of drug-likeness (QED) is 0.180. The Balaban J connectivity index is 1.24. The Bertz CT molecular complexity index is 1270. The van der Waals surface area contributed by atoms with E-state index in [9.17, 15) is 14.8 Å². The van der Waals surface area contributed by atoms with Crippen molar-refractivity contribution in [3.8, 4) is 0 Å². The van der Waals surface area contributed by atoms with Crippen LogP contribution in [0.5, 0.6) is 0 Å². The van der Waals surface area contributed by atoms with Crippen LogP contribution in [-0.2, 0) is 9.30 Å². The molecule has 5 N–H and O–H groups in total. The minimum Gasteiger partial charge on any atom is -0.388 e. The number of anilines is 1. The Morgan fingerprint density at radius 2 is 1.82 bits per heavy atom. The Kier molecular flexibility index (Phi) is 6.43. The third kappa shape index (κ3) is 4.89. The maximum absolute atomic E-state index is 11.1. The van der Waals surface area contributed by atoms with Crippen molar-refractivity contribution in [2.24, 2.45) is 16.7 Å². The number of hydrogen-bond acceptors (Lipinski definition) is 8. The summed E-state index contributed by atoms with van der Waals surface area (Å²) in [4.78, 5) is 31.6. The van der Waals surface area contributed by atoms with E-state index >= 15 is 0 Å². The average molecular weight is 570 g/mol. The first kappa shape index (κ1) is 26.9. The van der Waals surface area contributed by atoms with Gasteiger partial charge in [0, 0.05) is 11.7 Å². The van der Waals surface area contributed by atoms with Crippen LogP contribution in [0.3, 0.4) is 0 Å². The standard InChI is InChI=1S/C25H37ClN5O6P/c1-23-7-14-8-24(2,10-23)12-25(9-14,11-23)30-19-16-20(29-22(26)28-19)31(13-27-16)21-18(33)17(32)15(37-21)5-3-4-6-38(34,35)36/h13-15,17-18,21,32-33H,3-12H2,1-2H3,(H,28,29,30)(H2,34,35,36)/t14?,15?,17?,18?,21?,23-,24+,25?. The zero-order valence-corrected chi connectivity index (χ0v) is 23.4. The monoisotopic (exact) mass is 569 g/mol. The third-order valence-corrected chi connectivity index (χ3v) is 10.3. The van der Waals surface area contributed by atoms with Crippen molar-refractivity contribution >= 4 is 36.2 Å². The van der Waals surface area contributed by atoms with Crippen LogP contribution in [0.4, 0.5) is 5.82 Å². The second-order valence-electron chi connectivity index (χ2n) is 13.1. The second kappa shape index (κ2) is 9.09. The number of fused-ring (bicyclic) bond motifs is 1. The van der Waals surface area contributed by atoms with Gasteiger partial charge in [-0.1, -0.05) is 20.3 Å². The molecular weight excluding hydrogens is 533 g/mol. The molecule has 8 atom stereocenters. The Hall–Kier alpha value is -1.33. The van der Waals surface area contributed by atoms with Gasteiger partial charge in [-0.05, 0) is 79.7 Å². The van der Waals surface area contributed by atoms with E-state index in [0.29, 0.717) is 53.0 Å². The van der Waals surface area contributed by atoms with Crippen LogP contribution in [0.1, 0.15) is 77.9 Å². The van der Waals surface area contributed by atoms with Gasteiger partial charge >= 0.3 is 7.60 Å². The zero-order chi connectivity index (χ0) is 27.1. The van der Waals surface area contributed by atoms with E-state index in [1.54, 1.807) is 4.57 Å². The van der Waals surface area contributed by atoms with Crippen LogP contribution < -0.4 is 5.32 Å². The Morgan fingerprint density at radius 3 is 2.47 bits per heavy atom. The highest BCUT2D eigenvalue weighted by atomic mass is 35.5. The molecule has 2 aromatic heterocycles. The van der Waals surface area contributed by atoms with E-state index in [4.69, 9.17) is 26.1 Å². The molecule has 0 aromatic carbocycles. The number of imidazole rings is 1. The van der Waals surface area contributed by atoms with Crippen molar-refractivity contribution in [1.82, 2.24) is 19.5 Å². The molecule has 38 heavy (non-hydrogen) atoms. The molecule has 0 amide bonds. The number of hydrogen-bond donors (Lipinski definition) is 5. The van der Waals surface area contributed by atoms with E-state index in [-0.39, 0.29) is 17.0 Å². The van der Waals surface area contributed by atoms with E-state index in [0.717, 1.165) is 19.3 Å². The van der Waals surface area contributed by atoms with Gasteiger partial charge in [0.05, 0.1) is 12.4 Å². The highest BCUT2D eigenvalue weighted by Gasteiger charge is 2.60. The molecule has 1 saturated heterocycles. The maximum Gasteiger partial charge on any atom is 0.325 e. The van der Waals surface area contributed by atoms with Gasteiger partial charge < -0.3 is 30.1 Å². The lowest BCUT2D eigenvalue weighted by molar-refractivity contribution is -0.0973. The normalized spacial score (nSPS) is 40.3. The molecular formula is C25H37ClN5O6P. The molecule has 4 aliphatic carbocycles. The predicted molar refractivity (Wildman–Crippen MR) is 141 cm³/mol. The van der Waals surface area contributed by atoms with Gasteiger partial charge in [-0.3, -0.25) is 9.13 Å². The fraction of sp³-hybridized carbons (Fsp3) is 0.800. The van der Waals surface area contributed by atoms with Crippen LogP contribution in [0.2, 0.25) is 5.28 Å². The maximum atomic E-state index is 11.1. The number of aromatic nitrogens is 4. The first-order chi connectivity index (χ1) is 17.8. The topological polar surface area (TPSA) is 163 Å².